The minimum atomic E-state index is -4.33. The SMILES string of the molecule is Cc1cccc(C)c1-c1cc(O[C@@H](CN(Cc2ccccc2)C(=O)OC(C)(C)C)c2ccccc2)nc(NS(=O)(=O)c2cccc(C(=O)O)c2)n1. The van der Waals surface area contributed by atoms with Gasteiger partial charge in [-0.2, -0.15) is 4.98 Å². The van der Waals surface area contributed by atoms with Gasteiger partial charge >= 0.3 is 12.1 Å². The van der Waals surface area contributed by atoms with Crippen LogP contribution in [0.5, 0.6) is 5.88 Å². The lowest BCUT2D eigenvalue weighted by Gasteiger charge is -2.30. The van der Waals surface area contributed by atoms with Crippen LogP contribution in [-0.2, 0) is 21.3 Å². The number of carboxylic acid groups (broad SMARTS) is 1. The molecule has 0 aliphatic heterocycles. The van der Waals surface area contributed by atoms with Gasteiger partial charge in [-0.15, -0.1) is 0 Å². The summed E-state index contributed by atoms with van der Waals surface area (Å²) in [6, 6.07) is 31.2. The van der Waals surface area contributed by atoms with Gasteiger partial charge in [0, 0.05) is 18.2 Å². The van der Waals surface area contributed by atoms with E-state index in [1.165, 1.54) is 18.2 Å². The van der Waals surface area contributed by atoms with Crippen molar-refractivity contribution in [1.82, 2.24) is 14.9 Å². The Hall–Kier alpha value is -5.75. The number of benzene rings is 4. The van der Waals surface area contributed by atoms with E-state index in [0.29, 0.717) is 5.69 Å². The maximum Gasteiger partial charge on any atom is 0.410 e. The number of hydrogen-bond donors (Lipinski definition) is 2. The second kappa shape index (κ2) is 15.4. The number of nitrogens with zero attached hydrogens (tertiary/aromatic N) is 3. The van der Waals surface area contributed by atoms with E-state index in [-0.39, 0.29) is 35.4 Å². The number of ether oxygens (including phenoxy) is 2. The van der Waals surface area contributed by atoms with Crippen LogP contribution in [0.15, 0.2) is 114 Å². The summed E-state index contributed by atoms with van der Waals surface area (Å²) in [4.78, 5) is 35.5. The van der Waals surface area contributed by atoms with Gasteiger partial charge in [0.25, 0.3) is 10.0 Å². The fourth-order valence-electron chi connectivity index (χ4n) is 5.41. The smallest absolute Gasteiger partial charge is 0.410 e. The van der Waals surface area contributed by atoms with Crippen LogP contribution >= 0.6 is 0 Å². The highest BCUT2D eigenvalue weighted by molar-refractivity contribution is 7.92. The average Bonchev–Trinajstić information content (AvgIpc) is 3.07. The molecule has 0 bridgehead atoms. The van der Waals surface area contributed by atoms with Crippen molar-refractivity contribution in [2.75, 3.05) is 11.3 Å². The molecule has 1 atom stereocenters. The Morgan fingerprint density at radius 3 is 2.10 bits per heavy atom. The number of carboxylic acids is 1. The Morgan fingerprint density at radius 2 is 1.47 bits per heavy atom. The maximum atomic E-state index is 13.6. The molecular formula is C39H40N4O7S. The molecule has 51 heavy (non-hydrogen) atoms. The van der Waals surface area contributed by atoms with E-state index in [2.05, 4.69) is 14.7 Å². The fraction of sp³-hybridized carbons (Fsp3) is 0.231. The molecule has 0 saturated carbocycles. The van der Waals surface area contributed by atoms with Crippen molar-refractivity contribution in [3.05, 3.63) is 137 Å². The zero-order chi connectivity index (χ0) is 36.8. The summed E-state index contributed by atoms with van der Waals surface area (Å²) in [5.41, 5.74) is 3.61. The van der Waals surface area contributed by atoms with E-state index < -0.39 is 33.8 Å². The molecule has 0 unspecified atom stereocenters. The highest BCUT2D eigenvalue weighted by Gasteiger charge is 2.28. The van der Waals surface area contributed by atoms with Gasteiger partial charge in [-0.1, -0.05) is 84.9 Å². The van der Waals surface area contributed by atoms with E-state index in [0.717, 1.165) is 33.9 Å². The number of anilines is 1. The number of carbonyl (C=O) groups excluding carboxylic acids is 1. The molecule has 2 N–H and O–H groups in total. The molecule has 12 heteroatoms. The van der Waals surface area contributed by atoms with E-state index in [4.69, 9.17) is 9.47 Å². The van der Waals surface area contributed by atoms with Gasteiger partial charge in [-0.05, 0) is 75.1 Å². The molecule has 0 aliphatic rings. The van der Waals surface area contributed by atoms with Crippen LogP contribution in [-0.4, -0.2) is 52.6 Å². The summed E-state index contributed by atoms with van der Waals surface area (Å²) in [7, 11) is -4.33. The monoisotopic (exact) mass is 708 g/mol. The first-order valence-electron chi connectivity index (χ1n) is 16.2. The van der Waals surface area contributed by atoms with Crippen LogP contribution < -0.4 is 9.46 Å². The van der Waals surface area contributed by atoms with E-state index in [9.17, 15) is 23.1 Å². The second-order valence-corrected chi connectivity index (χ2v) is 14.7. The van der Waals surface area contributed by atoms with Crippen molar-refractivity contribution < 1.29 is 32.6 Å². The fourth-order valence-corrected chi connectivity index (χ4v) is 6.40. The van der Waals surface area contributed by atoms with Crippen molar-refractivity contribution in [3.8, 4) is 17.1 Å². The molecule has 264 valence electrons. The third kappa shape index (κ3) is 9.70. The number of aryl methyl sites for hydroxylation is 2. The first kappa shape index (κ1) is 36.5. The Kier molecular flexibility index (Phi) is 11.0. The normalized spacial score (nSPS) is 12.1. The Morgan fingerprint density at radius 1 is 0.843 bits per heavy atom. The van der Waals surface area contributed by atoms with Crippen LogP contribution in [0.1, 0.15) is 59.5 Å². The van der Waals surface area contributed by atoms with Crippen molar-refractivity contribution in [2.45, 2.75) is 57.8 Å². The van der Waals surface area contributed by atoms with Crippen LogP contribution in [0.25, 0.3) is 11.3 Å². The summed E-state index contributed by atoms with van der Waals surface area (Å²) in [5.74, 6) is -1.51. The summed E-state index contributed by atoms with van der Waals surface area (Å²) in [6.07, 6.45) is -1.31. The summed E-state index contributed by atoms with van der Waals surface area (Å²) >= 11 is 0. The van der Waals surface area contributed by atoms with Crippen molar-refractivity contribution >= 4 is 28.0 Å². The third-order valence-electron chi connectivity index (χ3n) is 7.75. The van der Waals surface area contributed by atoms with Crippen LogP contribution in [0, 0.1) is 13.8 Å². The largest absolute Gasteiger partial charge is 0.478 e. The number of sulfonamides is 1. The summed E-state index contributed by atoms with van der Waals surface area (Å²) in [5, 5.41) is 9.44. The molecule has 0 saturated heterocycles. The molecule has 0 radical (unpaired) electrons. The third-order valence-corrected chi connectivity index (χ3v) is 9.07. The van der Waals surface area contributed by atoms with Gasteiger partial charge in [0.1, 0.15) is 11.7 Å². The molecule has 11 nitrogen and oxygen atoms in total. The summed E-state index contributed by atoms with van der Waals surface area (Å²) in [6.45, 7) is 9.52. The summed E-state index contributed by atoms with van der Waals surface area (Å²) < 4.78 is 41.9. The number of carbonyl (C=O) groups is 2. The quantitative estimate of drug-likeness (QED) is 0.132. The molecule has 1 heterocycles. The minimum Gasteiger partial charge on any atom is -0.478 e. The van der Waals surface area contributed by atoms with Crippen LogP contribution in [0.2, 0.25) is 0 Å². The minimum absolute atomic E-state index is 0.0392. The molecule has 5 rings (SSSR count). The topological polar surface area (TPSA) is 148 Å². The molecule has 1 aromatic heterocycles. The Balaban J connectivity index is 1.58. The number of aromatic nitrogens is 2. The van der Waals surface area contributed by atoms with Gasteiger partial charge in [-0.25, -0.2) is 27.7 Å². The van der Waals surface area contributed by atoms with Crippen LogP contribution in [0.4, 0.5) is 10.7 Å². The Labute approximate surface area is 298 Å². The molecule has 5 aromatic rings. The maximum absolute atomic E-state index is 13.6. The predicted octanol–water partition coefficient (Wildman–Crippen LogP) is 7.82. The zero-order valence-corrected chi connectivity index (χ0v) is 29.8. The van der Waals surface area contributed by atoms with Gasteiger partial charge in [0.2, 0.25) is 11.8 Å². The van der Waals surface area contributed by atoms with Crippen molar-refractivity contribution in [2.24, 2.45) is 0 Å². The lowest BCUT2D eigenvalue weighted by Crippen LogP contribution is -2.39. The number of rotatable bonds is 12. The number of hydrogen-bond acceptors (Lipinski definition) is 8. The number of amides is 1. The van der Waals surface area contributed by atoms with E-state index in [1.807, 2.05) is 92.7 Å². The molecule has 4 aromatic carbocycles. The lowest BCUT2D eigenvalue weighted by molar-refractivity contribution is 0.0144. The molecular weight excluding hydrogens is 669 g/mol. The zero-order valence-electron chi connectivity index (χ0n) is 29.0. The highest BCUT2D eigenvalue weighted by atomic mass is 32.2. The first-order valence-corrected chi connectivity index (χ1v) is 17.7. The van der Waals surface area contributed by atoms with E-state index >= 15 is 0 Å². The van der Waals surface area contributed by atoms with Gasteiger partial charge < -0.3 is 14.6 Å². The molecule has 0 spiro atoms. The highest BCUT2D eigenvalue weighted by Crippen LogP contribution is 2.32. The first-order chi connectivity index (χ1) is 24.2. The van der Waals surface area contributed by atoms with Gasteiger partial charge in [0.15, 0.2) is 0 Å². The molecule has 0 aliphatic carbocycles. The predicted molar refractivity (Wildman–Crippen MR) is 194 cm³/mol. The van der Waals surface area contributed by atoms with Gasteiger partial charge in [0.05, 0.1) is 22.7 Å². The standard InChI is InChI=1S/C39H40N4O7S/c1-26-14-12-15-27(2)35(26)32-23-34(41-37(40-32)42-51(47,48)31-21-13-20-30(22-31)36(44)45)49-33(29-18-10-7-11-19-29)25-43(38(46)50-39(3,4)5)24-28-16-8-6-9-17-28/h6-23,33H,24-25H2,1-5H3,(H,44,45)(H,40,41,42)/t33-/m0/s1. The Bertz CT molecular complexity index is 2100. The molecule has 1 amide bonds. The van der Waals surface area contributed by atoms with Crippen molar-refractivity contribution in [1.29, 1.82) is 0 Å². The van der Waals surface area contributed by atoms with E-state index in [1.54, 1.807) is 31.7 Å². The second-order valence-electron chi connectivity index (χ2n) is 13.0. The lowest BCUT2D eigenvalue weighted by atomic mass is 10.00. The number of nitrogens with one attached hydrogen (secondary N) is 1. The molecule has 0 fully saturated rings. The number of aromatic carboxylic acids is 1. The van der Waals surface area contributed by atoms with Gasteiger partial charge in [-0.3, -0.25) is 4.90 Å². The van der Waals surface area contributed by atoms with Crippen LogP contribution in [0.3, 0.4) is 0 Å². The van der Waals surface area contributed by atoms with Crippen molar-refractivity contribution in [3.63, 3.8) is 0 Å². The average molecular weight is 709 g/mol.